The Morgan fingerprint density at radius 3 is 2.52 bits per heavy atom. The number of ether oxygens (including phenoxy) is 2. The fourth-order valence-corrected chi connectivity index (χ4v) is 2.56. The molecule has 2 aromatic rings. The van der Waals surface area contributed by atoms with Gasteiger partial charge in [0.1, 0.15) is 18.0 Å². The van der Waals surface area contributed by atoms with Gasteiger partial charge in [-0.05, 0) is 45.9 Å². The van der Waals surface area contributed by atoms with Gasteiger partial charge >= 0.3 is 12.1 Å². The molecule has 9 nitrogen and oxygen atoms in total. The number of amides is 1. The van der Waals surface area contributed by atoms with Crippen molar-refractivity contribution in [1.82, 2.24) is 9.55 Å². The zero-order valence-electron chi connectivity index (χ0n) is 16.9. The first-order valence-corrected chi connectivity index (χ1v) is 8.74. The summed E-state index contributed by atoms with van der Waals surface area (Å²) in [5.41, 5.74) is 0.177. The lowest BCUT2D eigenvalue weighted by atomic mass is 10.1. The molecule has 0 atom stereocenters. The van der Waals surface area contributed by atoms with E-state index in [4.69, 9.17) is 10.00 Å². The molecule has 0 unspecified atom stereocenters. The van der Waals surface area contributed by atoms with Crippen molar-refractivity contribution in [2.75, 3.05) is 12.4 Å². The van der Waals surface area contributed by atoms with Gasteiger partial charge in [-0.3, -0.25) is 19.5 Å². The molecule has 9 heteroatoms. The van der Waals surface area contributed by atoms with Crippen molar-refractivity contribution in [3.05, 3.63) is 46.0 Å². The van der Waals surface area contributed by atoms with E-state index in [1.807, 2.05) is 6.07 Å². The number of aryl methyl sites for hydroxylation is 1. The molecule has 0 aliphatic rings. The molecule has 0 bridgehead atoms. The van der Waals surface area contributed by atoms with Gasteiger partial charge in [-0.15, -0.1) is 0 Å². The number of carbonyl (C=O) groups is 2. The normalized spacial score (nSPS) is 10.8. The van der Waals surface area contributed by atoms with Gasteiger partial charge in [0.25, 0.3) is 5.56 Å². The highest BCUT2D eigenvalue weighted by Crippen LogP contribution is 2.27. The molecular weight excluding hydrogens is 376 g/mol. The molecule has 152 valence electrons. The van der Waals surface area contributed by atoms with Crippen LogP contribution in [0.5, 0.6) is 0 Å². The molecule has 2 rings (SSSR count). The number of hydrogen-bond donors (Lipinski definition) is 1. The molecule has 0 spiro atoms. The first kappa shape index (κ1) is 21.6. The van der Waals surface area contributed by atoms with Crippen molar-refractivity contribution in [2.45, 2.75) is 39.8 Å². The van der Waals surface area contributed by atoms with E-state index in [0.717, 1.165) is 0 Å². The van der Waals surface area contributed by atoms with Crippen molar-refractivity contribution in [3.8, 4) is 17.3 Å². The highest BCUT2D eigenvalue weighted by molar-refractivity contribution is 5.91. The van der Waals surface area contributed by atoms with Gasteiger partial charge in [0, 0.05) is 11.6 Å². The summed E-state index contributed by atoms with van der Waals surface area (Å²) < 4.78 is 11.0. The first-order valence-electron chi connectivity index (χ1n) is 8.74. The van der Waals surface area contributed by atoms with Crippen molar-refractivity contribution in [1.29, 1.82) is 5.26 Å². The van der Waals surface area contributed by atoms with Crippen molar-refractivity contribution in [2.24, 2.45) is 0 Å². The fourth-order valence-electron chi connectivity index (χ4n) is 2.56. The number of rotatable bonds is 4. The molecule has 0 radical (unpaired) electrons. The number of aromatic nitrogens is 2. The van der Waals surface area contributed by atoms with E-state index in [9.17, 15) is 14.4 Å². The summed E-state index contributed by atoms with van der Waals surface area (Å²) in [7, 11) is 1.21. The molecule has 0 saturated heterocycles. The summed E-state index contributed by atoms with van der Waals surface area (Å²) in [6.45, 7) is 6.54. The molecule has 1 aromatic heterocycles. The van der Waals surface area contributed by atoms with E-state index in [0.29, 0.717) is 17.0 Å². The monoisotopic (exact) mass is 398 g/mol. The lowest BCUT2D eigenvalue weighted by molar-refractivity contribution is -0.155. The molecule has 1 amide bonds. The Balaban J connectivity index is 2.45. The van der Waals surface area contributed by atoms with Gasteiger partial charge in [-0.1, -0.05) is 0 Å². The second kappa shape index (κ2) is 8.56. The number of anilines is 1. The Morgan fingerprint density at radius 2 is 1.97 bits per heavy atom. The van der Waals surface area contributed by atoms with Crippen LogP contribution in [0.1, 0.15) is 32.2 Å². The van der Waals surface area contributed by atoms with Gasteiger partial charge < -0.3 is 9.47 Å². The summed E-state index contributed by atoms with van der Waals surface area (Å²) in [5.74, 6) is -0.254. The van der Waals surface area contributed by atoms with E-state index in [2.05, 4.69) is 15.0 Å². The molecule has 0 aliphatic heterocycles. The average Bonchev–Trinajstić information content (AvgIpc) is 2.62. The van der Waals surface area contributed by atoms with Crippen LogP contribution in [0, 0.1) is 18.3 Å². The number of carbonyl (C=O) groups excluding carboxylic acids is 2. The third kappa shape index (κ3) is 5.65. The number of esters is 1. The summed E-state index contributed by atoms with van der Waals surface area (Å²) in [6.07, 6.45) is -0.726. The van der Waals surface area contributed by atoms with E-state index in [-0.39, 0.29) is 17.9 Å². The minimum atomic E-state index is -0.726. The Hall–Kier alpha value is -3.67. The third-order valence-electron chi connectivity index (χ3n) is 3.75. The molecule has 1 aromatic carbocycles. The maximum atomic E-state index is 12.6. The van der Waals surface area contributed by atoms with Gasteiger partial charge in [0.05, 0.1) is 30.1 Å². The maximum Gasteiger partial charge on any atom is 0.411 e. The van der Waals surface area contributed by atoms with E-state index >= 15 is 0 Å². The van der Waals surface area contributed by atoms with Gasteiger partial charge in [0.15, 0.2) is 0 Å². The van der Waals surface area contributed by atoms with E-state index < -0.39 is 23.2 Å². The number of nitrogens with zero attached hydrogens (tertiary/aromatic N) is 3. The van der Waals surface area contributed by atoms with Gasteiger partial charge in [0.2, 0.25) is 0 Å². The van der Waals surface area contributed by atoms with Crippen LogP contribution in [0.25, 0.3) is 11.3 Å². The second-order valence-electron chi connectivity index (χ2n) is 7.19. The van der Waals surface area contributed by atoms with Gasteiger partial charge in [-0.25, -0.2) is 9.78 Å². The summed E-state index contributed by atoms with van der Waals surface area (Å²) >= 11 is 0. The standard InChI is InChI=1S/C20H22N4O5/c1-12-22-16(9-17(25)24(12)11-18(26)29-20(2,3)4)14-7-6-13(10-21)8-15(14)23-19(27)28-5/h6-9H,11H2,1-5H3,(H,23,27). The molecule has 1 heterocycles. The molecule has 0 saturated carbocycles. The number of nitriles is 1. The van der Waals surface area contributed by atoms with Crippen LogP contribution >= 0.6 is 0 Å². The first-order chi connectivity index (χ1) is 13.5. The smallest absolute Gasteiger partial charge is 0.411 e. The number of nitrogens with one attached hydrogen (secondary N) is 1. The number of methoxy groups -OCH3 is 1. The molecule has 0 fully saturated rings. The van der Waals surface area contributed by atoms with Crippen molar-refractivity contribution in [3.63, 3.8) is 0 Å². The van der Waals surface area contributed by atoms with Crippen LogP contribution in [0.4, 0.5) is 10.5 Å². The zero-order valence-corrected chi connectivity index (χ0v) is 16.9. The SMILES string of the molecule is COC(=O)Nc1cc(C#N)ccc1-c1cc(=O)n(CC(=O)OC(C)(C)C)c(C)n1. The minimum absolute atomic E-state index is 0.268. The molecule has 0 aliphatic carbocycles. The lowest BCUT2D eigenvalue weighted by Gasteiger charge is -2.20. The second-order valence-corrected chi connectivity index (χ2v) is 7.19. The summed E-state index contributed by atoms with van der Waals surface area (Å²) in [6, 6.07) is 7.80. The van der Waals surface area contributed by atoms with E-state index in [1.54, 1.807) is 39.8 Å². The largest absolute Gasteiger partial charge is 0.459 e. The van der Waals surface area contributed by atoms with Crippen LogP contribution in [-0.4, -0.2) is 34.3 Å². The van der Waals surface area contributed by atoms with Gasteiger partial charge in [-0.2, -0.15) is 5.26 Å². The number of hydrogen-bond acceptors (Lipinski definition) is 7. The average molecular weight is 398 g/mol. The van der Waals surface area contributed by atoms with Crippen LogP contribution in [-0.2, 0) is 20.8 Å². The van der Waals surface area contributed by atoms with Crippen LogP contribution in [0.15, 0.2) is 29.1 Å². The molecule has 29 heavy (non-hydrogen) atoms. The lowest BCUT2D eigenvalue weighted by Crippen LogP contribution is -2.32. The predicted octanol–water partition coefficient (Wildman–Crippen LogP) is 2.61. The Kier molecular flexibility index (Phi) is 6.38. The predicted molar refractivity (Wildman–Crippen MR) is 105 cm³/mol. The quantitative estimate of drug-likeness (QED) is 0.785. The Morgan fingerprint density at radius 1 is 1.28 bits per heavy atom. The summed E-state index contributed by atoms with van der Waals surface area (Å²) in [4.78, 5) is 40.7. The molecular formula is C20H22N4O5. The minimum Gasteiger partial charge on any atom is -0.459 e. The summed E-state index contributed by atoms with van der Waals surface area (Å²) in [5, 5.41) is 11.6. The van der Waals surface area contributed by atoms with Crippen molar-refractivity contribution >= 4 is 17.7 Å². The van der Waals surface area contributed by atoms with E-state index in [1.165, 1.54) is 23.8 Å². The molecule has 1 N–H and O–H groups in total. The fraction of sp³-hybridized carbons (Fsp3) is 0.350. The zero-order chi connectivity index (χ0) is 21.8. The third-order valence-corrected chi connectivity index (χ3v) is 3.75. The number of benzene rings is 1. The van der Waals surface area contributed by atoms with Crippen molar-refractivity contribution < 1.29 is 19.1 Å². The maximum absolute atomic E-state index is 12.6. The Labute approximate surface area is 167 Å². The van der Waals surface area contributed by atoms with Crippen LogP contribution < -0.4 is 10.9 Å². The topological polar surface area (TPSA) is 123 Å². The van der Waals surface area contributed by atoms with Crippen LogP contribution in [0.3, 0.4) is 0 Å². The Bertz CT molecular complexity index is 1040. The highest BCUT2D eigenvalue weighted by atomic mass is 16.6. The highest BCUT2D eigenvalue weighted by Gasteiger charge is 2.19. The van der Waals surface area contributed by atoms with Crippen LogP contribution in [0.2, 0.25) is 0 Å².